The SMILES string of the molecule is CC(C)(C)OCCOc1ccc2c(c1)OC(C)(C)CC2N. The molecule has 0 bridgehead atoms. The van der Waals surface area contributed by atoms with Crippen molar-refractivity contribution in [2.24, 2.45) is 5.73 Å². The van der Waals surface area contributed by atoms with Gasteiger partial charge >= 0.3 is 0 Å². The third kappa shape index (κ3) is 4.61. The molecule has 1 heterocycles. The Kier molecular flexibility index (Phi) is 4.49. The molecule has 0 fully saturated rings. The van der Waals surface area contributed by atoms with Crippen LogP contribution in [0.5, 0.6) is 11.5 Å². The Morgan fingerprint density at radius 2 is 2.00 bits per heavy atom. The topological polar surface area (TPSA) is 53.7 Å². The maximum atomic E-state index is 6.20. The van der Waals surface area contributed by atoms with Crippen molar-refractivity contribution in [2.45, 2.75) is 58.3 Å². The standard InChI is InChI=1S/C17H27NO3/c1-16(2,3)20-9-8-19-12-6-7-13-14(18)11-17(4,5)21-15(13)10-12/h6-7,10,14H,8-9,11,18H2,1-5H3. The second kappa shape index (κ2) is 5.85. The molecule has 2 rings (SSSR count). The summed E-state index contributed by atoms with van der Waals surface area (Å²) < 4.78 is 17.4. The number of hydrogen-bond donors (Lipinski definition) is 1. The number of benzene rings is 1. The zero-order chi connectivity index (χ0) is 15.7. The van der Waals surface area contributed by atoms with E-state index in [1.165, 1.54) is 0 Å². The van der Waals surface area contributed by atoms with Gasteiger partial charge in [-0.15, -0.1) is 0 Å². The quantitative estimate of drug-likeness (QED) is 0.864. The fourth-order valence-corrected chi connectivity index (χ4v) is 2.49. The molecule has 1 aliphatic rings. The summed E-state index contributed by atoms with van der Waals surface area (Å²) in [6.45, 7) is 11.3. The summed E-state index contributed by atoms with van der Waals surface area (Å²) in [5, 5.41) is 0. The van der Waals surface area contributed by atoms with Crippen molar-refractivity contribution in [1.82, 2.24) is 0 Å². The molecular formula is C17H27NO3. The highest BCUT2D eigenvalue weighted by Crippen LogP contribution is 2.39. The first-order valence-electron chi connectivity index (χ1n) is 7.52. The van der Waals surface area contributed by atoms with E-state index in [-0.39, 0.29) is 17.2 Å². The molecule has 1 aliphatic heterocycles. The predicted octanol–water partition coefficient (Wildman–Crippen LogP) is 3.44. The smallest absolute Gasteiger partial charge is 0.128 e. The molecule has 0 amide bonds. The Morgan fingerprint density at radius 1 is 1.29 bits per heavy atom. The molecule has 1 aromatic rings. The van der Waals surface area contributed by atoms with E-state index in [9.17, 15) is 0 Å². The van der Waals surface area contributed by atoms with E-state index in [4.69, 9.17) is 19.9 Å². The molecule has 0 saturated carbocycles. The summed E-state index contributed by atoms with van der Waals surface area (Å²) in [5.74, 6) is 1.61. The van der Waals surface area contributed by atoms with Crippen LogP contribution in [0.15, 0.2) is 18.2 Å². The Labute approximate surface area is 127 Å². The van der Waals surface area contributed by atoms with Gasteiger partial charge in [0.2, 0.25) is 0 Å². The second-order valence-electron chi connectivity index (χ2n) is 7.18. The molecule has 0 radical (unpaired) electrons. The van der Waals surface area contributed by atoms with Crippen molar-refractivity contribution in [3.8, 4) is 11.5 Å². The number of hydrogen-bond acceptors (Lipinski definition) is 4. The predicted molar refractivity (Wildman–Crippen MR) is 83.9 cm³/mol. The van der Waals surface area contributed by atoms with Gasteiger partial charge in [0.1, 0.15) is 23.7 Å². The second-order valence-corrected chi connectivity index (χ2v) is 7.18. The zero-order valence-corrected chi connectivity index (χ0v) is 13.7. The zero-order valence-electron chi connectivity index (χ0n) is 13.7. The van der Waals surface area contributed by atoms with Crippen LogP contribution in [-0.4, -0.2) is 24.4 Å². The summed E-state index contributed by atoms with van der Waals surface area (Å²) in [6, 6.07) is 5.88. The minimum atomic E-state index is -0.236. The minimum absolute atomic E-state index is 0.0158. The van der Waals surface area contributed by atoms with E-state index in [0.29, 0.717) is 13.2 Å². The first-order valence-corrected chi connectivity index (χ1v) is 7.52. The lowest BCUT2D eigenvalue weighted by atomic mass is 9.90. The monoisotopic (exact) mass is 293 g/mol. The first kappa shape index (κ1) is 16.1. The fraction of sp³-hybridized carbons (Fsp3) is 0.647. The number of nitrogens with two attached hydrogens (primary N) is 1. The minimum Gasteiger partial charge on any atom is -0.491 e. The molecule has 21 heavy (non-hydrogen) atoms. The summed E-state index contributed by atoms with van der Waals surface area (Å²) in [5.41, 5.74) is 6.87. The molecule has 0 aliphatic carbocycles. The summed E-state index contributed by atoms with van der Waals surface area (Å²) in [4.78, 5) is 0. The van der Waals surface area contributed by atoms with Gasteiger partial charge in [0.05, 0.1) is 12.2 Å². The van der Waals surface area contributed by atoms with Gasteiger partial charge in [-0.25, -0.2) is 0 Å². The molecular weight excluding hydrogens is 266 g/mol. The average Bonchev–Trinajstić information content (AvgIpc) is 2.31. The third-order valence-corrected chi connectivity index (χ3v) is 3.37. The Hall–Kier alpha value is -1.26. The van der Waals surface area contributed by atoms with Crippen LogP contribution in [-0.2, 0) is 4.74 Å². The largest absolute Gasteiger partial charge is 0.491 e. The van der Waals surface area contributed by atoms with Gasteiger partial charge in [-0.05, 0) is 40.7 Å². The van der Waals surface area contributed by atoms with Gasteiger partial charge in [-0.2, -0.15) is 0 Å². The van der Waals surface area contributed by atoms with Gasteiger partial charge in [-0.3, -0.25) is 0 Å². The number of rotatable bonds is 4. The van der Waals surface area contributed by atoms with E-state index in [1.807, 2.05) is 39.0 Å². The lowest BCUT2D eigenvalue weighted by Crippen LogP contribution is -2.37. The molecule has 1 unspecified atom stereocenters. The Bertz CT molecular complexity index is 491. The normalized spacial score (nSPS) is 20.6. The average molecular weight is 293 g/mol. The highest BCUT2D eigenvalue weighted by molar-refractivity contribution is 5.44. The molecule has 4 heteroatoms. The van der Waals surface area contributed by atoms with E-state index < -0.39 is 0 Å². The molecule has 118 valence electrons. The molecule has 0 spiro atoms. The molecule has 0 aromatic heterocycles. The van der Waals surface area contributed by atoms with E-state index >= 15 is 0 Å². The summed E-state index contributed by atoms with van der Waals surface area (Å²) in [6.07, 6.45) is 0.819. The lowest BCUT2D eigenvalue weighted by Gasteiger charge is -2.36. The van der Waals surface area contributed by atoms with Gasteiger partial charge in [-0.1, -0.05) is 6.07 Å². The Balaban J connectivity index is 1.98. The van der Waals surface area contributed by atoms with Crippen LogP contribution in [0.1, 0.15) is 52.6 Å². The van der Waals surface area contributed by atoms with Crippen molar-refractivity contribution in [3.05, 3.63) is 23.8 Å². The van der Waals surface area contributed by atoms with Crippen LogP contribution < -0.4 is 15.2 Å². The molecule has 2 N–H and O–H groups in total. The van der Waals surface area contributed by atoms with Crippen molar-refractivity contribution in [1.29, 1.82) is 0 Å². The van der Waals surface area contributed by atoms with Crippen LogP contribution in [0.4, 0.5) is 0 Å². The van der Waals surface area contributed by atoms with Crippen LogP contribution >= 0.6 is 0 Å². The number of ether oxygens (including phenoxy) is 3. The van der Waals surface area contributed by atoms with Crippen molar-refractivity contribution >= 4 is 0 Å². The molecule has 4 nitrogen and oxygen atoms in total. The van der Waals surface area contributed by atoms with Crippen LogP contribution in [0.25, 0.3) is 0 Å². The van der Waals surface area contributed by atoms with E-state index in [2.05, 4.69) is 13.8 Å². The van der Waals surface area contributed by atoms with Gasteiger partial charge in [0, 0.05) is 24.1 Å². The van der Waals surface area contributed by atoms with Crippen LogP contribution in [0.3, 0.4) is 0 Å². The molecule has 1 atom stereocenters. The maximum Gasteiger partial charge on any atom is 0.128 e. The van der Waals surface area contributed by atoms with E-state index in [1.54, 1.807) is 0 Å². The van der Waals surface area contributed by atoms with Crippen LogP contribution in [0, 0.1) is 0 Å². The van der Waals surface area contributed by atoms with Gasteiger partial charge < -0.3 is 19.9 Å². The highest BCUT2D eigenvalue weighted by atomic mass is 16.5. The lowest BCUT2D eigenvalue weighted by molar-refractivity contribution is -0.0164. The Morgan fingerprint density at radius 3 is 2.67 bits per heavy atom. The first-order chi connectivity index (χ1) is 9.66. The van der Waals surface area contributed by atoms with Crippen molar-refractivity contribution in [3.63, 3.8) is 0 Å². The number of fused-ring (bicyclic) bond motifs is 1. The van der Waals surface area contributed by atoms with Crippen molar-refractivity contribution in [2.75, 3.05) is 13.2 Å². The maximum absolute atomic E-state index is 6.20. The third-order valence-electron chi connectivity index (χ3n) is 3.37. The summed E-state index contributed by atoms with van der Waals surface area (Å²) >= 11 is 0. The molecule has 0 saturated heterocycles. The van der Waals surface area contributed by atoms with Gasteiger partial charge in [0.15, 0.2) is 0 Å². The van der Waals surface area contributed by atoms with Crippen molar-refractivity contribution < 1.29 is 14.2 Å². The van der Waals surface area contributed by atoms with E-state index in [0.717, 1.165) is 23.5 Å². The fourth-order valence-electron chi connectivity index (χ4n) is 2.49. The molecule has 1 aromatic carbocycles. The van der Waals surface area contributed by atoms with Crippen LogP contribution in [0.2, 0.25) is 0 Å². The van der Waals surface area contributed by atoms with Gasteiger partial charge in [0.25, 0.3) is 0 Å². The summed E-state index contributed by atoms with van der Waals surface area (Å²) in [7, 11) is 0. The highest BCUT2D eigenvalue weighted by Gasteiger charge is 2.31.